The van der Waals surface area contributed by atoms with E-state index in [9.17, 15) is 9.18 Å². The molecule has 0 saturated carbocycles. The molecular weight excluding hydrogens is 269 g/mol. The molecule has 1 aromatic carbocycles. The van der Waals surface area contributed by atoms with Crippen molar-refractivity contribution < 1.29 is 13.9 Å². The number of hydrogen-bond acceptors (Lipinski definition) is 2. The van der Waals surface area contributed by atoms with Gasteiger partial charge in [-0.05, 0) is 56.7 Å². The van der Waals surface area contributed by atoms with Crippen LogP contribution in [-0.4, -0.2) is 29.7 Å². The number of nitrogens with zero attached hydrogens (tertiary/aromatic N) is 1. The van der Waals surface area contributed by atoms with Crippen molar-refractivity contribution >= 4 is 6.09 Å². The highest BCUT2D eigenvalue weighted by Crippen LogP contribution is 2.33. The Morgan fingerprint density at radius 2 is 1.90 bits per heavy atom. The van der Waals surface area contributed by atoms with Crippen molar-refractivity contribution in [3.8, 4) is 0 Å². The predicted octanol–water partition coefficient (Wildman–Crippen LogP) is 4.19. The molecule has 116 valence electrons. The second-order valence-electron chi connectivity index (χ2n) is 6.85. The van der Waals surface area contributed by atoms with Gasteiger partial charge in [0, 0.05) is 13.1 Å². The van der Waals surface area contributed by atoms with Gasteiger partial charge in [0.25, 0.3) is 0 Å². The third-order valence-corrected chi connectivity index (χ3v) is 3.86. The molecule has 1 amide bonds. The average molecular weight is 293 g/mol. The zero-order valence-electron chi connectivity index (χ0n) is 13.2. The molecule has 2 atom stereocenters. The number of amides is 1. The van der Waals surface area contributed by atoms with Crippen LogP contribution in [0.1, 0.15) is 45.6 Å². The van der Waals surface area contributed by atoms with E-state index in [-0.39, 0.29) is 11.9 Å². The Morgan fingerprint density at radius 1 is 1.29 bits per heavy atom. The molecule has 1 fully saturated rings. The highest BCUT2D eigenvalue weighted by atomic mass is 19.1. The summed E-state index contributed by atoms with van der Waals surface area (Å²) < 4.78 is 18.4. The molecular formula is C17H24FNO2. The molecule has 0 N–H and O–H groups in total. The van der Waals surface area contributed by atoms with Crippen molar-refractivity contribution in [3.63, 3.8) is 0 Å². The standard InChI is InChI=1S/C17H24FNO2/c1-12-11-19(16(20)21-17(2,3)4)10-9-15(12)13-5-7-14(18)8-6-13/h5-8,12,15H,9-11H2,1-4H3/t12-,15-/m1/s1. The van der Waals surface area contributed by atoms with Crippen LogP contribution in [0.4, 0.5) is 9.18 Å². The van der Waals surface area contributed by atoms with Crippen molar-refractivity contribution in [1.82, 2.24) is 4.90 Å². The summed E-state index contributed by atoms with van der Waals surface area (Å²) in [6.07, 6.45) is 0.637. The lowest BCUT2D eigenvalue weighted by Gasteiger charge is -2.37. The number of ether oxygens (including phenoxy) is 1. The van der Waals surface area contributed by atoms with Gasteiger partial charge in [0.1, 0.15) is 11.4 Å². The molecule has 1 aromatic rings. The fourth-order valence-electron chi connectivity index (χ4n) is 2.84. The van der Waals surface area contributed by atoms with Crippen LogP contribution >= 0.6 is 0 Å². The maximum absolute atomic E-state index is 13.0. The zero-order chi connectivity index (χ0) is 15.6. The molecule has 0 unspecified atom stereocenters. The van der Waals surface area contributed by atoms with Crippen LogP contribution in [0.5, 0.6) is 0 Å². The van der Waals surface area contributed by atoms with Crippen molar-refractivity contribution in [1.29, 1.82) is 0 Å². The number of halogens is 1. The Kier molecular flexibility index (Phi) is 4.55. The lowest BCUT2D eigenvalue weighted by atomic mass is 9.82. The van der Waals surface area contributed by atoms with E-state index in [1.54, 1.807) is 4.90 Å². The molecule has 0 aromatic heterocycles. The highest BCUT2D eigenvalue weighted by Gasteiger charge is 2.31. The van der Waals surface area contributed by atoms with Crippen LogP contribution in [0.2, 0.25) is 0 Å². The van der Waals surface area contributed by atoms with Crippen LogP contribution in [0.3, 0.4) is 0 Å². The molecule has 3 nitrogen and oxygen atoms in total. The number of hydrogen-bond donors (Lipinski definition) is 0. The van der Waals surface area contributed by atoms with E-state index in [1.807, 2.05) is 32.9 Å². The molecule has 21 heavy (non-hydrogen) atoms. The number of carbonyl (C=O) groups excluding carboxylic acids is 1. The third kappa shape index (κ3) is 4.19. The van der Waals surface area contributed by atoms with Crippen LogP contribution in [0.25, 0.3) is 0 Å². The minimum absolute atomic E-state index is 0.211. The van der Waals surface area contributed by atoms with E-state index in [4.69, 9.17) is 4.74 Å². The van der Waals surface area contributed by atoms with Gasteiger partial charge >= 0.3 is 6.09 Å². The van der Waals surface area contributed by atoms with Crippen molar-refractivity contribution in [3.05, 3.63) is 35.6 Å². The fourth-order valence-corrected chi connectivity index (χ4v) is 2.84. The molecule has 0 aliphatic carbocycles. The maximum atomic E-state index is 13.0. The Hall–Kier alpha value is -1.58. The first-order valence-corrected chi connectivity index (χ1v) is 7.49. The second-order valence-corrected chi connectivity index (χ2v) is 6.85. The molecule has 0 bridgehead atoms. The molecule has 1 saturated heterocycles. The molecule has 1 aliphatic rings. The van der Waals surface area contributed by atoms with E-state index in [2.05, 4.69) is 6.92 Å². The molecule has 0 spiro atoms. The summed E-state index contributed by atoms with van der Waals surface area (Å²) in [5.74, 6) is 0.485. The third-order valence-electron chi connectivity index (χ3n) is 3.86. The van der Waals surface area contributed by atoms with E-state index < -0.39 is 5.60 Å². The first-order valence-electron chi connectivity index (χ1n) is 7.49. The number of carbonyl (C=O) groups is 1. The highest BCUT2D eigenvalue weighted by molar-refractivity contribution is 5.68. The Balaban J connectivity index is 1.99. The number of rotatable bonds is 1. The predicted molar refractivity (Wildman–Crippen MR) is 80.7 cm³/mol. The van der Waals surface area contributed by atoms with Gasteiger partial charge in [-0.3, -0.25) is 0 Å². The van der Waals surface area contributed by atoms with E-state index >= 15 is 0 Å². The van der Waals surface area contributed by atoms with Gasteiger partial charge in [-0.1, -0.05) is 19.1 Å². The Bertz CT molecular complexity index is 493. The van der Waals surface area contributed by atoms with Crippen LogP contribution in [0.15, 0.2) is 24.3 Å². The summed E-state index contributed by atoms with van der Waals surface area (Å²) >= 11 is 0. The van der Waals surface area contributed by atoms with Gasteiger partial charge in [0.2, 0.25) is 0 Å². The summed E-state index contributed by atoms with van der Waals surface area (Å²) in [6, 6.07) is 6.70. The molecule has 1 heterocycles. The molecule has 2 rings (SSSR count). The summed E-state index contributed by atoms with van der Waals surface area (Å²) in [5, 5.41) is 0. The summed E-state index contributed by atoms with van der Waals surface area (Å²) in [4.78, 5) is 13.9. The zero-order valence-corrected chi connectivity index (χ0v) is 13.2. The number of piperidine rings is 1. The lowest BCUT2D eigenvalue weighted by Crippen LogP contribution is -2.44. The smallest absolute Gasteiger partial charge is 0.410 e. The Labute approximate surface area is 126 Å². The monoisotopic (exact) mass is 293 g/mol. The van der Waals surface area contributed by atoms with Gasteiger partial charge in [-0.2, -0.15) is 0 Å². The van der Waals surface area contributed by atoms with E-state index in [0.717, 1.165) is 12.0 Å². The maximum Gasteiger partial charge on any atom is 0.410 e. The summed E-state index contributed by atoms with van der Waals surface area (Å²) in [7, 11) is 0. The van der Waals surface area contributed by atoms with Gasteiger partial charge in [-0.25, -0.2) is 9.18 Å². The van der Waals surface area contributed by atoms with Gasteiger partial charge in [0.15, 0.2) is 0 Å². The normalized spacial score (nSPS) is 23.0. The van der Waals surface area contributed by atoms with E-state index in [1.165, 1.54) is 12.1 Å². The van der Waals surface area contributed by atoms with Crippen molar-refractivity contribution in [2.75, 3.05) is 13.1 Å². The first-order chi connectivity index (χ1) is 9.76. The Morgan fingerprint density at radius 3 is 2.43 bits per heavy atom. The van der Waals surface area contributed by atoms with E-state index in [0.29, 0.717) is 24.9 Å². The quantitative estimate of drug-likeness (QED) is 0.777. The fraction of sp³-hybridized carbons (Fsp3) is 0.588. The minimum atomic E-state index is -0.464. The molecule has 1 aliphatic heterocycles. The number of likely N-dealkylation sites (tertiary alicyclic amines) is 1. The molecule has 0 radical (unpaired) electrons. The SMILES string of the molecule is C[C@@H]1CN(C(=O)OC(C)(C)C)CC[C@H]1c1ccc(F)cc1. The molecule has 4 heteroatoms. The topological polar surface area (TPSA) is 29.5 Å². The van der Waals surface area contributed by atoms with Gasteiger partial charge in [0.05, 0.1) is 0 Å². The van der Waals surface area contributed by atoms with Crippen LogP contribution in [-0.2, 0) is 4.74 Å². The van der Waals surface area contributed by atoms with Crippen LogP contribution < -0.4 is 0 Å². The largest absolute Gasteiger partial charge is 0.444 e. The van der Waals surface area contributed by atoms with Crippen molar-refractivity contribution in [2.45, 2.75) is 45.6 Å². The second kappa shape index (κ2) is 6.04. The minimum Gasteiger partial charge on any atom is -0.444 e. The van der Waals surface area contributed by atoms with Gasteiger partial charge < -0.3 is 9.64 Å². The summed E-state index contributed by atoms with van der Waals surface area (Å²) in [6.45, 7) is 9.11. The lowest BCUT2D eigenvalue weighted by molar-refractivity contribution is 0.0155. The first kappa shape index (κ1) is 15.8. The van der Waals surface area contributed by atoms with Crippen molar-refractivity contribution in [2.24, 2.45) is 5.92 Å². The van der Waals surface area contributed by atoms with Crippen LogP contribution in [0, 0.1) is 11.7 Å². The average Bonchev–Trinajstić information content (AvgIpc) is 2.38. The summed E-state index contributed by atoms with van der Waals surface area (Å²) in [5.41, 5.74) is 0.682. The number of benzene rings is 1. The van der Waals surface area contributed by atoms with Gasteiger partial charge in [-0.15, -0.1) is 0 Å².